The summed E-state index contributed by atoms with van der Waals surface area (Å²) in [6.45, 7) is 10.5. The monoisotopic (exact) mass is 462 g/mol. The van der Waals surface area contributed by atoms with Gasteiger partial charge in [-0.1, -0.05) is 42.5 Å². The van der Waals surface area contributed by atoms with Crippen LogP contribution in [0.25, 0.3) is 11.1 Å². The summed E-state index contributed by atoms with van der Waals surface area (Å²) in [5.41, 5.74) is 3.60. The summed E-state index contributed by atoms with van der Waals surface area (Å²) < 4.78 is 5.38. The van der Waals surface area contributed by atoms with Crippen LogP contribution in [0.4, 0.5) is 5.00 Å². The summed E-state index contributed by atoms with van der Waals surface area (Å²) in [6.07, 6.45) is 0.679. The molecule has 3 aromatic rings. The normalized spacial score (nSPS) is 16.0. The molecule has 0 aliphatic carbocycles. The molecule has 0 saturated heterocycles. The number of rotatable bonds is 5. The molecule has 1 aliphatic heterocycles. The second kappa shape index (κ2) is 8.76. The lowest BCUT2D eigenvalue weighted by molar-refractivity contribution is 0.0525. The minimum absolute atomic E-state index is 0.187. The number of esters is 1. The van der Waals surface area contributed by atoms with Crippen molar-refractivity contribution in [2.24, 2.45) is 0 Å². The number of anilines is 1. The van der Waals surface area contributed by atoms with Crippen LogP contribution < -0.4 is 10.6 Å². The Bertz CT molecular complexity index is 1180. The molecule has 4 rings (SSSR count). The van der Waals surface area contributed by atoms with E-state index in [-0.39, 0.29) is 23.6 Å². The molecule has 0 spiro atoms. The molecule has 2 heterocycles. The number of carbonyl (C=O) groups excluding carboxylic acids is 2. The first-order chi connectivity index (χ1) is 15.6. The van der Waals surface area contributed by atoms with Crippen LogP contribution in [0.3, 0.4) is 0 Å². The highest BCUT2D eigenvalue weighted by Gasteiger charge is 2.42. The number of carbonyl (C=O) groups is 2. The van der Waals surface area contributed by atoms with E-state index in [1.165, 1.54) is 11.3 Å². The van der Waals surface area contributed by atoms with Crippen LogP contribution in [0.5, 0.6) is 0 Å². The predicted molar refractivity (Wildman–Crippen MR) is 134 cm³/mol. The standard InChI is InChI=1S/C27H30N2O3S/c1-6-32-25(31)21-20-16-26(2,3)29-27(4,5)22(20)33-24(21)28-23(30)19-14-12-18(13-15-19)17-10-8-7-9-11-17/h7-15,29H,6,16H2,1-5H3,(H,28,30). The molecule has 1 aromatic heterocycles. The van der Waals surface area contributed by atoms with E-state index < -0.39 is 5.97 Å². The van der Waals surface area contributed by atoms with Crippen molar-refractivity contribution >= 4 is 28.2 Å². The molecule has 0 atom stereocenters. The molecule has 172 valence electrons. The maximum absolute atomic E-state index is 13.1. The molecular formula is C27H30N2O3S. The zero-order chi connectivity index (χ0) is 23.8. The van der Waals surface area contributed by atoms with Gasteiger partial charge >= 0.3 is 5.97 Å². The Balaban J connectivity index is 1.67. The quantitative estimate of drug-likeness (QED) is 0.456. The highest BCUT2D eigenvalue weighted by atomic mass is 32.1. The van der Waals surface area contributed by atoms with Crippen LogP contribution in [0.15, 0.2) is 54.6 Å². The van der Waals surface area contributed by atoms with Crippen molar-refractivity contribution < 1.29 is 14.3 Å². The molecule has 2 aromatic carbocycles. The minimum Gasteiger partial charge on any atom is -0.462 e. The van der Waals surface area contributed by atoms with E-state index in [4.69, 9.17) is 4.74 Å². The maximum atomic E-state index is 13.1. The smallest absolute Gasteiger partial charge is 0.341 e. The zero-order valence-corrected chi connectivity index (χ0v) is 20.6. The van der Waals surface area contributed by atoms with E-state index in [2.05, 4.69) is 38.3 Å². The van der Waals surface area contributed by atoms with Gasteiger partial charge in [0.1, 0.15) is 5.00 Å². The number of hydrogen-bond donors (Lipinski definition) is 2. The molecule has 2 N–H and O–H groups in total. The first-order valence-electron chi connectivity index (χ1n) is 11.2. The van der Waals surface area contributed by atoms with Gasteiger partial charge in [0.25, 0.3) is 5.91 Å². The third-order valence-corrected chi connectivity index (χ3v) is 7.28. The second-order valence-electron chi connectivity index (χ2n) is 9.54. The van der Waals surface area contributed by atoms with Crippen molar-refractivity contribution in [3.8, 4) is 11.1 Å². The van der Waals surface area contributed by atoms with Crippen molar-refractivity contribution in [1.29, 1.82) is 0 Å². The fourth-order valence-corrected chi connectivity index (χ4v) is 5.91. The maximum Gasteiger partial charge on any atom is 0.341 e. The van der Waals surface area contributed by atoms with E-state index in [0.29, 0.717) is 22.5 Å². The largest absolute Gasteiger partial charge is 0.462 e. The number of ether oxygens (including phenoxy) is 1. The van der Waals surface area contributed by atoms with Crippen molar-refractivity contribution in [2.75, 3.05) is 11.9 Å². The van der Waals surface area contributed by atoms with Gasteiger partial charge in [-0.15, -0.1) is 11.3 Å². The van der Waals surface area contributed by atoms with Crippen LogP contribution in [-0.2, 0) is 16.7 Å². The molecule has 1 amide bonds. The van der Waals surface area contributed by atoms with Crippen LogP contribution in [0, 0.1) is 0 Å². The van der Waals surface area contributed by atoms with Gasteiger partial charge in [0.05, 0.1) is 12.2 Å². The number of benzene rings is 2. The summed E-state index contributed by atoms with van der Waals surface area (Å²) in [6, 6.07) is 17.5. The van der Waals surface area contributed by atoms with E-state index in [1.54, 1.807) is 6.92 Å². The second-order valence-corrected chi connectivity index (χ2v) is 10.6. The van der Waals surface area contributed by atoms with E-state index in [0.717, 1.165) is 21.6 Å². The predicted octanol–water partition coefficient (Wildman–Crippen LogP) is 6.00. The molecule has 6 heteroatoms. The van der Waals surface area contributed by atoms with E-state index >= 15 is 0 Å². The number of nitrogens with one attached hydrogen (secondary N) is 2. The Kier molecular flexibility index (Phi) is 6.16. The summed E-state index contributed by atoms with van der Waals surface area (Å²) >= 11 is 1.45. The summed E-state index contributed by atoms with van der Waals surface area (Å²) in [5, 5.41) is 7.20. The van der Waals surface area contributed by atoms with Gasteiger partial charge in [0.15, 0.2) is 0 Å². The van der Waals surface area contributed by atoms with Crippen LogP contribution in [-0.4, -0.2) is 24.0 Å². The van der Waals surface area contributed by atoms with Gasteiger partial charge in [-0.25, -0.2) is 4.79 Å². The van der Waals surface area contributed by atoms with E-state index in [9.17, 15) is 9.59 Å². The molecule has 0 saturated carbocycles. The third-order valence-electron chi connectivity index (χ3n) is 5.81. The zero-order valence-electron chi connectivity index (χ0n) is 19.7. The van der Waals surface area contributed by atoms with Gasteiger partial charge in [0, 0.05) is 21.5 Å². The first kappa shape index (κ1) is 23.2. The lowest BCUT2D eigenvalue weighted by Crippen LogP contribution is -2.55. The minimum atomic E-state index is -0.391. The van der Waals surface area contributed by atoms with Crippen molar-refractivity contribution in [1.82, 2.24) is 5.32 Å². The van der Waals surface area contributed by atoms with Crippen LogP contribution in [0.1, 0.15) is 65.8 Å². The SMILES string of the molecule is CCOC(=O)c1c(NC(=O)c2ccc(-c3ccccc3)cc2)sc2c1CC(C)(C)NC2(C)C. The molecule has 0 radical (unpaired) electrons. The Morgan fingerprint density at radius 3 is 2.27 bits per heavy atom. The number of fused-ring (bicyclic) bond motifs is 1. The number of thiophene rings is 1. The summed E-state index contributed by atoms with van der Waals surface area (Å²) in [4.78, 5) is 27.1. The Hall–Kier alpha value is -2.96. The third kappa shape index (κ3) is 4.72. The van der Waals surface area contributed by atoms with Gasteiger partial charge in [-0.2, -0.15) is 0 Å². The summed E-state index contributed by atoms with van der Waals surface area (Å²) in [7, 11) is 0. The topological polar surface area (TPSA) is 67.4 Å². The molecule has 0 fully saturated rings. The van der Waals surface area contributed by atoms with Crippen molar-refractivity contribution in [3.63, 3.8) is 0 Å². The van der Waals surface area contributed by atoms with Crippen molar-refractivity contribution in [2.45, 2.75) is 52.1 Å². The lowest BCUT2D eigenvalue weighted by Gasteiger charge is -2.42. The average molecular weight is 463 g/mol. The Morgan fingerprint density at radius 1 is 1.00 bits per heavy atom. The van der Waals surface area contributed by atoms with E-state index in [1.807, 2.05) is 54.6 Å². The lowest BCUT2D eigenvalue weighted by atomic mass is 9.81. The molecular weight excluding hydrogens is 432 g/mol. The van der Waals surface area contributed by atoms with Crippen LogP contribution in [0.2, 0.25) is 0 Å². The van der Waals surface area contributed by atoms with Crippen molar-refractivity contribution in [3.05, 3.63) is 76.2 Å². The fourth-order valence-electron chi connectivity index (χ4n) is 4.65. The molecule has 5 nitrogen and oxygen atoms in total. The number of hydrogen-bond acceptors (Lipinski definition) is 5. The van der Waals surface area contributed by atoms with Gasteiger partial charge in [-0.3, -0.25) is 4.79 Å². The fraction of sp³-hybridized carbons (Fsp3) is 0.333. The Morgan fingerprint density at radius 2 is 1.64 bits per heavy atom. The molecule has 1 aliphatic rings. The molecule has 0 unspecified atom stereocenters. The molecule has 33 heavy (non-hydrogen) atoms. The van der Waals surface area contributed by atoms with Gasteiger partial charge in [-0.05, 0) is 69.9 Å². The summed E-state index contributed by atoms with van der Waals surface area (Å²) in [5.74, 6) is -0.637. The Labute approximate surface area is 199 Å². The highest BCUT2D eigenvalue weighted by molar-refractivity contribution is 7.17. The highest BCUT2D eigenvalue weighted by Crippen LogP contribution is 2.45. The average Bonchev–Trinajstić information content (AvgIpc) is 3.11. The van der Waals surface area contributed by atoms with Gasteiger partial charge in [0.2, 0.25) is 0 Å². The van der Waals surface area contributed by atoms with Crippen LogP contribution >= 0.6 is 11.3 Å². The molecule has 0 bridgehead atoms. The number of amides is 1. The van der Waals surface area contributed by atoms with Gasteiger partial charge < -0.3 is 15.4 Å². The first-order valence-corrected chi connectivity index (χ1v) is 12.0.